The molecule has 0 saturated carbocycles. The third-order valence-electron chi connectivity index (χ3n) is 3.67. The van der Waals surface area contributed by atoms with Crippen LogP contribution in [0.5, 0.6) is 17.2 Å². The Labute approximate surface area is 127 Å². The molecule has 0 N–H and O–H groups in total. The minimum absolute atomic E-state index is 0.284. The Kier molecular flexibility index (Phi) is 3.13. The van der Waals surface area contributed by atoms with Gasteiger partial charge >= 0.3 is 0 Å². The first-order chi connectivity index (χ1) is 10.3. The first kappa shape index (κ1) is 12.8. The molecule has 0 spiro atoms. The Hall–Kier alpha value is -1.91. The quantitative estimate of drug-likeness (QED) is 0.850. The molecule has 0 bridgehead atoms. The van der Waals surface area contributed by atoms with E-state index in [1.54, 1.807) is 0 Å². The lowest BCUT2D eigenvalue weighted by molar-refractivity contribution is 0.0885. The van der Waals surface area contributed by atoms with Gasteiger partial charge in [0.15, 0.2) is 11.5 Å². The summed E-state index contributed by atoms with van der Waals surface area (Å²) in [7, 11) is 0. The number of fused-ring (bicyclic) bond motifs is 2. The zero-order chi connectivity index (χ0) is 14.2. The van der Waals surface area contributed by atoms with Gasteiger partial charge < -0.3 is 14.2 Å². The molecule has 0 unspecified atom stereocenters. The fourth-order valence-electron chi connectivity index (χ4n) is 2.62. The molecule has 0 amide bonds. The second kappa shape index (κ2) is 5.13. The Morgan fingerprint density at radius 1 is 0.952 bits per heavy atom. The summed E-state index contributed by atoms with van der Waals surface area (Å²) >= 11 is 5.91. The molecule has 0 atom stereocenters. The van der Waals surface area contributed by atoms with Gasteiger partial charge in [0.05, 0.1) is 0 Å². The average molecular weight is 304 g/mol. The van der Waals surface area contributed by atoms with E-state index in [9.17, 15) is 0 Å². The van der Waals surface area contributed by atoms with Crippen LogP contribution in [0.15, 0.2) is 36.4 Å². The first-order valence-corrected chi connectivity index (χ1v) is 7.18. The van der Waals surface area contributed by atoms with Crippen LogP contribution in [0, 0.1) is 0 Å². The maximum absolute atomic E-state index is 5.91. The van der Waals surface area contributed by atoms with E-state index in [-0.39, 0.29) is 6.79 Å². The van der Waals surface area contributed by atoms with Crippen molar-refractivity contribution in [2.24, 2.45) is 0 Å². The van der Waals surface area contributed by atoms with Crippen molar-refractivity contribution in [1.82, 2.24) is 4.90 Å². The molecular formula is C16H14ClNO3. The lowest BCUT2D eigenvalue weighted by Crippen LogP contribution is -2.31. The van der Waals surface area contributed by atoms with E-state index in [1.165, 1.54) is 5.56 Å². The number of nitrogens with zero attached hydrogens (tertiary/aromatic N) is 1. The second-order valence-corrected chi connectivity index (χ2v) is 5.64. The fraction of sp³-hybridized carbons (Fsp3) is 0.250. The highest BCUT2D eigenvalue weighted by atomic mass is 35.5. The second-order valence-electron chi connectivity index (χ2n) is 5.20. The van der Waals surface area contributed by atoms with E-state index < -0.39 is 0 Å². The van der Waals surface area contributed by atoms with Crippen molar-refractivity contribution in [2.45, 2.75) is 13.1 Å². The van der Waals surface area contributed by atoms with Crippen LogP contribution in [0.2, 0.25) is 5.02 Å². The van der Waals surface area contributed by atoms with Crippen molar-refractivity contribution in [3.63, 3.8) is 0 Å². The van der Waals surface area contributed by atoms with Crippen LogP contribution in [0.4, 0.5) is 0 Å². The molecular weight excluding hydrogens is 290 g/mol. The highest BCUT2D eigenvalue weighted by Gasteiger charge is 2.23. The predicted molar refractivity (Wildman–Crippen MR) is 78.8 cm³/mol. The number of hydrogen-bond donors (Lipinski definition) is 0. The van der Waals surface area contributed by atoms with Crippen LogP contribution in [-0.2, 0) is 13.1 Å². The third kappa shape index (κ3) is 2.52. The van der Waals surface area contributed by atoms with E-state index in [4.69, 9.17) is 25.8 Å². The van der Waals surface area contributed by atoms with Crippen LogP contribution in [0.3, 0.4) is 0 Å². The van der Waals surface area contributed by atoms with Gasteiger partial charge in [-0.25, -0.2) is 0 Å². The van der Waals surface area contributed by atoms with Gasteiger partial charge in [0.25, 0.3) is 0 Å². The van der Waals surface area contributed by atoms with Gasteiger partial charge in [0.1, 0.15) is 12.5 Å². The number of halogens is 1. The molecule has 2 aliphatic rings. The maximum Gasteiger partial charge on any atom is 0.231 e. The summed E-state index contributed by atoms with van der Waals surface area (Å²) in [6.07, 6.45) is 0. The van der Waals surface area contributed by atoms with E-state index in [2.05, 4.69) is 4.90 Å². The van der Waals surface area contributed by atoms with Crippen LogP contribution < -0.4 is 14.2 Å². The van der Waals surface area contributed by atoms with E-state index in [0.29, 0.717) is 6.73 Å². The zero-order valence-corrected chi connectivity index (χ0v) is 12.1. The van der Waals surface area contributed by atoms with Crippen molar-refractivity contribution >= 4 is 11.6 Å². The Morgan fingerprint density at radius 2 is 1.71 bits per heavy atom. The number of ether oxygens (including phenoxy) is 3. The van der Waals surface area contributed by atoms with Crippen LogP contribution in [0.1, 0.15) is 11.1 Å². The summed E-state index contributed by atoms with van der Waals surface area (Å²) in [4.78, 5) is 2.23. The van der Waals surface area contributed by atoms with Crippen LogP contribution in [-0.4, -0.2) is 18.4 Å². The number of rotatable bonds is 2. The first-order valence-electron chi connectivity index (χ1n) is 6.80. The van der Waals surface area contributed by atoms with Gasteiger partial charge in [-0.05, 0) is 23.8 Å². The van der Waals surface area contributed by atoms with Gasteiger partial charge in [-0.1, -0.05) is 23.7 Å². The minimum atomic E-state index is 0.284. The third-order valence-corrected chi connectivity index (χ3v) is 3.92. The average Bonchev–Trinajstić information content (AvgIpc) is 2.94. The van der Waals surface area contributed by atoms with Gasteiger partial charge in [0.2, 0.25) is 6.79 Å². The Balaban J connectivity index is 1.52. The SMILES string of the molecule is Clc1ccc(CN2COc3cc4c(cc3C2)OCO4)cc1. The summed E-state index contributed by atoms with van der Waals surface area (Å²) in [6.45, 7) is 2.50. The highest BCUT2D eigenvalue weighted by molar-refractivity contribution is 6.30. The molecule has 0 aromatic heterocycles. The molecule has 2 aromatic rings. The lowest BCUT2D eigenvalue weighted by atomic mass is 10.1. The molecule has 4 nitrogen and oxygen atoms in total. The van der Waals surface area contributed by atoms with Gasteiger partial charge in [-0.3, -0.25) is 4.90 Å². The molecule has 2 aliphatic heterocycles. The van der Waals surface area contributed by atoms with Crippen molar-refractivity contribution in [1.29, 1.82) is 0 Å². The molecule has 2 aromatic carbocycles. The monoisotopic (exact) mass is 303 g/mol. The Morgan fingerprint density at radius 3 is 2.52 bits per heavy atom. The van der Waals surface area contributed by atoms with E-state index in [0.717, 1.165) is 40.9 Å². The van der Waals surface area contributed by atoms with Gasteiger partial charge in [-0.15, -0.1) is 0 Å². The standard InChI is InChI=1S/C16H14ClNO3/c17-13-3-1-11(2-4-13)7-18-8-12-5-15-16(21-10-20-15)6-14(12)19-9-18/h1-6H,7-10H2. The summed E-state index contributed by atoms with van der Waals surface area (Å²) in [5, 5.41) is 0.756. The topological polar surface area (TPSA) is 30.9 Å². The van der Waals surface area contributed by atoms with Crippen LogP contribution in [0.25, 0.3) is 0 Å². The van der Waals surface area contributed by atoms with Gasteiger partial charge in [0, 0.05) is 29.7 Å². The summed E-state index contributed by atoms with van der Waals surface area (Å²) in [5.74, 6) is 2.44. The highest BCUT2D eigenvalue weighted by Crippen LogP contribution is 2.40. The lowest BCUT2D eigenvalue weighted by Gasteiger charge is -2.29. The molecule has 0 aliphatic carbocycles. The molecule has 108 valence electrons. The summed E-state index contributed by atoms with van der Waals surface area (Å²) < 4.78 is 16.6. The summed E-state index contributed by atoms with van der Waals surface area (Å²) in [5.41, 5.74) is 2.34. The number of hydrogen-bond acceptors (Lipinski definition) is 4. The molecule has 0 radical (unpaired) electrons. The molecule has 0 saturated heterocycles. The zero-order valence-electron chi connectivity index (χ0n) is 11.3. The van der Waals surface area contributed by atoms with Crippen molar-refractivity contribution < 1.29 is 14.2 Å². The van der Waals surface area contributed by atoms with Crippen molar-refractivity contribution in [3.05, 3.63) is 52.5 Å². The molecule has 0 fully saturated rings. The smallest absolute Gasteiger partial charge is 0.231 e. The Bertz CT molecular complexity index is 672. The van der Waals surface area contributed by atoms with Crippen molar-refractivity contribution in [3.8, 4) is 17.2 Å². The van der Waals surface area contributed by atoms with E-state index in [1.807, 2.05) is 36.4 Å². The fourth-order valence-corrected chi connectivity index (χ4v) is 2.75. The number of benzene rings is 2. The van der Waals surface area contributed by atoms with Gasteiger partial charge in [-0.2, -0.15) is 0 Å². The van der Waals surface area contributed by atoms with E-state index >= 15 is 0 Å². The largest absolute Gasteiger partial charge is 0.478 e. The van der Waals surface area contributed by atoms with Crippen LogP contribution >= 0.6 is 11.6 Å². The predicted octanol–water partition coefficient (Wildman–Crippen LogP) is 3.42. The summed E-state index contributed by atoms with van der Waals surface area (Å²) in [6, 6.07) is 11.8. The molecule has 2 heterocycles. The molecule has 21 heavy (non-hydrogen) atoms. The molecule has 4 rings (SSSR count). The minimum Gasteiger partial charge on any atom is -0.478 e. The molecule has 5 heteroatoms. The maximum atomic E-state index is 5.91. The van der Waals surface area contributed by atoms with Crippen molar-refractivity contribution in [2.75, 3.05) is 13.5 Å². The normalized spacial score (nSPS) is 16.4.